The van der Waals surface area contributed by atoms with Gasteiger partial charge in [0.1, 0.15) is 5.15 Å². The average Bonchev–Trinajstić information content (AvgIpc) is 3.18. The maximum absolute atomic E-state index is 9.46. The van der Waals surface area contributed by atoms with Crippen LogP contribution >= 0.6 is 11.6 Å². The molecule has 0 radical (unpaired) electrons. The molecule has 1 N–H and O–H groups in total. The molecule has 0 spiro atoms. The highest BCUT2D eigenvalue weighted by Gasteiger charge is 2.27. The molecule has 2 aromatic heterocycles. The third-order valence-corrected chi connectivity index (χ3v) is 7.40. The van der Waals surface area contributed by atoms with Crippen LogP contribution in [0.15, 0.2) is 42.7 Å². The summed E-state index contributed by atoms with van der Waals surface area (Å²) in [7, 11) is 0. The van der Waals surface area contributed by atoms with Gasteiger partial charge in [-0.05, 0) is 37.8 Å². The summed E-state index contributed by atoms with van der Waals surface area (Å²) >= 11 is 6.76. The second-order valence-corrected chi connectivity index (χ2v) is 9.54. The molecule has 5 rings (SSSR count). The fourth-order valence-electron chi connectivity index (χ4n) is 4.89. The Bertz CT molecular complexity index is 1090. The summed E-state index contributed by atoms with van der Waals surface area (Å²) in [4.78, 5) is 16.5. The molecule has 3 aromatic rings. The van der Waals surface area contributed by atoms with Crippen molar-refractivity contribution in [1.29, 1.82) is 0 Å². The number of aromatic nitrogens is 4. The van der Waals surface area contributed by atoms with Gasteiger partial charge >= 0.3 is 0 Å². The number of aliphatic hydroxyl groups excluding tert-OH is 1. The Balaban J connectivity index is 1.24. The Morgan fingerprint density at radius 2 is 1.53 bits per heavy atom. The van der Waals surface area contributed by atoms with Crippen LogP contribution in [0.2, 0.25) is 5.15 Å². The minimum atomic E-state index is 0.275. The Labute approximate surface area is 205 Å². The smallest absolute Gasteiger partial charge is 0.172 e. The van der Waals surface area contributed by atoms with Crippen molar-refractivity contribution in [3.05, 3.63) is 59.1 Å². The minimum absolute atomic E-state index is 0.275. The SMILES string of the molecule is Cc1nn(-c2ccccc2)c(Cl)c1CN1CCN(c2nccnc2N2CCC(CO)CC2)CC1. The van der Waals surface area contributed by atoms with E-state index in [4.69, 9.17) is 21.7 Å². The maximum atomic E-state index is 9.46. The molecular weight excluding hydrogens is 450 g/mol. The molecule has 180 valence electrons. The van der Waals surface area contributed by atoms with Crippen LogP contribution in [0.4, 0.5) is 11.6 Å². The number of benzene rings is 1. The highest BCUT2D eigenvalue weighted by molar-refractivity contribution is 6.30. The van der Waals surface area contributed by atoms with Crippen molar-refractivity contribution in [2.45, 2.75) is 26.3 Å². The molecule has 4 heterocycles. The van der Waals surface area contributed by atoms with E-state index in [0.717, 1.165) is 87.2 Å². The Hall–Kier alpha value is -2.68. The van der Waals surface area contributed by atoms with Gasteiger partial charge in [0.2, 0.25) is 0 Å². The molecule has 2 saturated heterocycles. The first-order chi connectivity index (χ1) is 16.6. The van der Waals surface area contributed by atoms with Crippen LogP contribution in [0.5, 0.6) is 0 Å². The minimum Gasteiger partial charge on any atom is -0.396 e. The van der Waals surface area contributed by atoms with Crippen LogP contribution in [0.25, 0.3) is 5.69 Å². The van der Waals surface area contributed by atoms with E-state index in [2.05, 4.69) is 19.7 Å². The number of aliphatic hydroxyl groups is 1. The quantitative estimate of drug-likeness (QED) is 0.579. The summed E-state index contributed by atoms with van der Waals surface area (Å²) in [5.41, 5.74) is 3.04. The maximum Gasteiger partial charge on any atom is 0.172 e. The molecule has 2 fully saturated rings. The topological polar surface area (TPSA) is 73.6 Å². The molecule has 0 aliphatic carbocycles. The van der Waals surface area contributed by atoms with Crippen molar-refractivity contribution >= 4 is 23.2 Å². The molecule has 9 heteroatoms. The standard InChI is InChI=1S/C25H32ClN7O/c1-19-22(23(26)33(29-19)21-5-3-2-4-6-21)17-30-13-15-32(16-14-30)25-24(27-9-10-28-25)31-11-7-20(18-34)8-12-31/h2-6,9-10,20,34H,7-8,11-18H2,1H3. The van der Waals surface area contributed by atoms with E-state index >= 15 is 0 Å². The van der Waals surface area contributed by atoms with Crippen LogP contribution in [-0.2, 0) is 6.54 Å². The van der Waals surface area contributed by atoms with Crippen molar-refractivity contribution in [1.82, 2.24) is 24.6 Å². The summed E-state index contributed by atoms with van der Waals surface area (Å²) in [6, 6.07) is 10.0. The van der Waals surface area contributed by atoms with Gasteiger partial charge in [-0.3, -0.25) is 4.90 Å². The third-order valence-electron chi connectivity index (χ3n) is 7.01. The van der Waals surface area contributed by atoms with Gasteiger partial charge in [0.15, 0.2) is 11.6 Å². The van der Waals surface area contributed by atoms with Crippen LogP contribution in [0.1, 0.15) is 24.1 Å². The number of piperidine rings is 1. The van der Waals surface area contributed by atoms with Crippen LogP contribution in [-0.4, -0.2) is 75.6 Å². The molecule has 0 unspecified atom stereocenters. The molecule has 34 heavy (non-hydrogen) atoms. The van der Waals surface area contributed by atoms with Gasteiger partial charge in [-0.2, -0.15) is 5.10 Å². The van der Waals surface area contributed by atoms with E-state index in [0.29, 0.717) is 11.1 Å². The number of nitrogens with zero attached hydrogens (tertiary/aromatic N) is 7. The number of aryl methyl sites for hydroxylation is 1. The van der Waals surface area contributed by atoms with Gasteiger partial charge in [0.05, 0.1) is 11.4 Å². The summed E-state index contributed by atoms with van der Waals surface area (Å²) in [5.74, 6) is 2.34. The predicted octanol–water partition coefficient (Wildman–Crippen LogP) is 3.16. The number of anilines is 2. The van der Waals surface area contributed by atoms with E-state index in [1.165, 1.54) is 0 Å². The van der Waals surface area contributed by atoms with Crippen molar-refractivity contribution in [3.63, 3.8) is 0 Å². The van der Waals surface area contributed by atoms with Gasteiger partial charge in [-0.15, -0.1) is 0 Å². The molecular formula is C25H32ClN7O. The molecule has 0 amide bonds. The first-order valence-electron chi connectivity index (χ1n) is 12.1. The third kappa shape index (κ3) is 4.76. The number of para-hydroxylation sites is 1. The summed E-state index contributed by atoms with van der Waals surface area (Å²) in [6.07, 6.45) is 5.56. The lowest BCUT2D eigenvalue weighted by molar-refractivity contribution is 0.202. The van der Waals surface area contributed by atoms with Crippen LogP contribution in [0.3, 0.4) is 0 Å². The Morgan fingerprint density at radius 1 is 0.912 bits per heavy atom. The van der Waals surface area contributed by atoms with Gasteiger partial charge in [-0.25, -0.2) is 14.6 Å². The molecule has 0 atom stereocenters. The highest BCUT2D eigenvalue weighted by atomic mass is 35.5. The lowest BCUT2D eigenvalue weighted by Gasteiger charge is -2.38. The number of piperazine rings is 1. The zero-order valence-corrected chi connectivity index (χ0v) is 20.4. The van der Waals surface area contributed by atoms with Gasteiger partial charge < -0.3 is 14.9 Å². The van der Waals surface area contributed by atoms with Gasteiger partial charge in [-0.1, -0.05) is 29.8 Å². The number of halogens is 1. The van der Waals surface area contributed by atoms with Gasteiger partial charge in [0, 0.05) is 70.4 Å². The molecule has 0 bridgehead atoms. The lowest BCUT2D eigenvalue weighted by Crippen LogP contribution is -2.47. The average molecular weight is 482 g/mol. The van der Waals surface area contributed by atoms with E-state index in [-0.39, 0.29) is 6.61 Å². The van der Waals surface area contributed by atoms with Crippen molar-refractivity contribution < 1.29 is 5.11 Å². The van der Waals surface area contributed by atoms with Crippen LogP contribution in [0, 0.1) is 12.8 Å². The van der Waals surface area contributed by atoms with E-state index in [9.17, 15) is 5.11 Å². The van der Waals surface area contributed by atoms with Crippen LogP contribution < -0.4 is 9.80 Å². The summed E-state index contributed by atoms with van der Waals surface area (Å²) < 4.78 is 1.83. The first-order valence-corrected chi connectivity index (χ1v) is 12.5. The molecule has 8 nitrogen and oxygen atoms in total. The normalized spacial score (nSPS) is 18.0. The number of hydrogen-bond acceptors (Lipinski definition) is 7. The number of rotatable bonds is 6. The second kappa shape index (κ2) is 10.3. The second-order valence-electron chi connectivity index (χ2n) is 9.18. The fraction of sp³-hybridized carbons (Fsp3) is 0.480. The number of hydrogen-bond donors (Lipinski definition) is 1. The summed E-state index contributed by atoms with van der Waals surface area (Å²) in [5, 5.41) is 14.8. The molecule has 2 aliphatic heterocycles. The zero-order valence-electron chi connectivity index (χ0n) is 19.6. The summed E-state index contributed by atoms with van der Waals surface area (Å²) in [6.45, 7) is 8.56. The fourth-order valence-corrected chi connectivity index (χ4v) is 5.22. The van der Waals surface area contributed by atoms with Gasteiger partial charge in [0.25, 0.3) is 0 Å². The lowest BCUT2D eigenvalue weighted by atomic mass is 9.98. The van der Waals surface area contributed by atoms with E-state index in [1.807, 2.05) is 41.9 Å². The Morgan fingerprint density at radius 3 is 2.15 bits per heavy atom. The van der Waals surface area contributed by atoms with E-state index < -0.39 is 0 Å². The monoisotopic (exact) mass is 481 g/mol. The molecule has 2 aliphatic rings. The zero-order chi connectivity index (χ0) is 23.5. The highest BCUT2D eigenvalue weighted by Crippen LogP contribution is 2.30. The largest absolute Gasteiger partial charge is 0.396 e. The van der Waals surface area contributed by atoms with Crippen molar-refractivity contribution in [2.24, 2.45) is 5.92 Å². The first kappa shape index (κ1) is 23.1. The van der Waals surface area contributed by atoms with Crippen molar-refractivity contribution in [3.8, 4) is 5.69 Å². The Kier molecular flexibility index (Phi) is 6.99. The predicted molar refractivity (Wildman–Crippen MR) is 135 cm³/mol. The van der Waals surface area contributed by atoms with Crippen molar-refractivity contribution in [2.75, 3.05) is 55.7 Å². The molecule has 1 aromatic carbocycles. The molecule has 0 saturated carbocycles. The van der Waals surface area contributed by atoms with E-state index in [1.54, 1.807) is 12.4 Å².